The molecular weight excluding hydrogens is 334 g/mol. The first-order chi connectivity index (χ1) is 11.1. The van der Waals surface area contributed by atoms with Gasteiger partial charge in [0.15, 0.2) is 5.54 Å². The van der Waals surface area contributed by atoms with Gasteiger partial charge in [-0.1, -0.05) is 0 Å². The Labute approximate surface area is 134 Å². The van der Waals surface area contributed by atoms with Crippen molar-refractivity contribution < 1.29 is 37.0 Å². The first-order valence-corrected chi connectivity index (χ1v) is 7.04. The molecule has 0 radical (unpaired) electrons. The summed E-state index contributed by atoms with van der Waals surface area (Å²) >= 11 is 0. The first-order valence-electron chi connectivity index (χ1n) is 7.04. The molecule has 1 aromatic rings. The van der Waals surface area contributed by atoms with Crippen LogP contribution in [-0.4, -0.2) is 47.7 Å². The molecule has 1 aromatic carbocycles. The molecule has 132 valence electrons. The Bertz CT molecular complexity index is 661. The number of carbonyl (C=O) groups is 2. The number of ether oxygens (including phenoxy) is 1. The van der Waals surface area contributed by atoms with Crippen LogP contribution in [0.15, 0.2) is 18.2 Å². The second-order valence-corrected chi connectivity index (χ2v) is 5.52. The molecule has 0 bridgehead atoms. The number of halogens is 4. The van der Waals surface area contributed by atoms with Gasteiger partial charge >= 0.3 is 12.1 Å². The van der Waals surface area contributed by atoms with E-state index >= 15 is 0 Å². The number of hydrogen-bond donors (Lipinski definition) is 1. The van der Waals surface area contributed by atoms with Crippen LogP contribution in [0.4, 0.5) is 17.6 Å². The SMILES string of the molecule is COCC1(C(=O)O)CCCN1C(=O)c1ccc(C(F)(F)F)c(F)c1. The topological polar surface area (TPSA) is 66.8 Å². The average Bonchev–Trinajstić information content (AvgIpc) is 2.90. The van der Waals surface area contributed by atoms with E-state index in [4.69, 9.17) is 4.74 Å². The average molecular weight is 349 g/mol. The summed E-state index contributed by atoms with van der Waals surface area (Å²) in [5, 5.41) is 9.47. The predicted octanol–water partition coefficient (Wildman–Crippen LogP) is 2.55. The number of likely N-dealkylation sites (tertiary alicyclic amines) is 1. The molecule has 1 heterocycles. The molecule has 1 atom stereocenters. The van der Waals surface area contributed by atoms with Gasteiger partial charge in [0.1, 0.15) is 5.82 Å². The van der Waals surface area contributed by atoms with Gasteiger partial charge in [-0.15, -0.1) is 0 Å². The van der Waals surface area contributed by atoms with E-state index in [0.717, 1.165) is 11.0 Å². The zero-order valence-electron chi connectivity index (χ0n) is 12.7. The van der Waals surface area contributed by atoms with Gasteiger partial charge in [-0.05, 0) is 31.0 Å². The number of benzene rings is 1. The summed E-state index contributed by atoms with van der Waals surface area (Å²) in [6.45, 7) is -0.172. The minimum Gasteiger partial charge on any atom is -0.479 e. The molecule has 0 aromatic heterocycles. The molecule has 5 nitrogen and oxygen atoms in total. The van der Waals surface area contributed by atoms with Crippen molar-refractivity contribution in [3.63, 3.8) is 0 Å². The molecule has 0 saturated carbocycles. The Morgan fingerprint density at radius 2 is 2.04 bits per heavy atom. The van der Waals surface area contributed by atoms with Gasteiger partial charge in [0.2, 0.25) is 0 Å². The Balaban J connectivity index is 2.37. The van der Waals surface area contributed by atoms with Crippen molar-refractivity contribution >= 4 is 11.9 Å². The van der Waals surface area contributed by atoms with Crippen molar-refractivity contribution in [3.05, 3.63) is 35.1 Å². The van der Waals surface area contributed by atoms with E-state index in [1.807, 2.05) is 0 Å². The molecule has 9 heteroatoms. The highest BCUT2D eigenvalue weighted by Crippen LogP contribution is 2.34. The lowest BCUT2D eigenvalue weighted by Crippen LogP contribution is -2.56. The zero-order chi connectivity index (χ0) is 18.1. The Kier molecular flexibility index (Phi) is 4.84. The van der Waals surface area contributed by atoms with Crippen LogP contribution in [0.5, 0.6) is 0 Å². The second kappa shape index (κ2) is 6.39. The Morgan fingerprint density at radius 3 is 2.54 bits per heavy atom. The number of carbonyl (C=O) groups excluding carboxylic acids is 1. The van der Waals surface area contributed by atoms with Crippen LogP contribution in [0.2, 0.25) is 0 Å². The van der Waals surface area contributed by atoms with E-state index < -0.39 is 35.0 Å². The largest absolute Gasteiger partial charge is 0.479 e. The van der Waals surface area contributed by atoms with E-state index in [1.54, 1.807) is 0 Å². The predicted molar refractivity (Wildman–Crippen MR) is 73.9 cm³/mol. The second-order valence-electron chi connectivity index (χ2n) is 5.52. The van der Waals surface area contributed by atoms with Crippen LogP contribution in [0.3, 0.4) is 0 Å². The lowest BCUT2D eigenvalue weighted by atomic mass is 9.96. The van der Waals surface area contributed by atoms with Gasteiger partial charge < -0.3 is 14.7 Å². The first kappa shape index (κ1) is 18.2. The highest BCUT2D eigenvalue weighted by atomic mass is 19.4. The maximum Gasteiger partial charge on any atom is 0.419 e. The molecule has 1 amide bonds. The summed E-state index contributed by atoms with van der Waals surface area (Å²) in [7, 11) is 1.28. The van der Waals surface area contributed by atoms with E-state index in [2.05, 4.69) is 0 Å². The minimum absolute atomic E-state index is 0.0944. The molecule has 0 spiro atoms. The van der Waals surface area contributed by atoms with Gasteiger partial charge in [-0.2, -0.15) is 13.2 Å². The normalized spacial score (nSPS) is 21.1. The quantitative estimate of drug-likeness (QED) is 0.849. The van der Waals surface area contributed by atoms with E-state index in [1.165, 1.54) is 7.11 Å². The molecule has 1 saturated heterocycles. The van der Waals surface area contributed by atoms with Gasteiger partial charge in [0, 0.05) is 19.2 Å². The minimum atomic E-state index is -4.87. The third kappa shape index (κ3) is 3.08. The van der Waals surface area contributed by atoms with Crippen molar-refractivity contribution in [2.45, 2.75) is 24.6 Å². The van der Waals surface area contributed by atoms with Crippen LogP contribution in [-0.2, 0) is 15.7 Å². The summed E-state index contributed by atoms with van der Waals surface area (Å²) in [5.41, 5.74) is -3.43. The van der Waals surface area contributed by atoms with E-state index in [0.29, 0.717) is 18.6 Å². The number of rotatable bonds is 4. The van der Waals surface area contributed by atoms with Crippen molar-refractivity contribution in [3.8, 4) is 0 Å². The number of alkyl halides is 3. The summed E-state index contributed by atoms with van der Waals surface area (Å²) in [5.74, 6) is -3.71. The lowest BCUT2D eigenvalue weighted by Gasteiger charge is -2.34. The molecule has 0 aliphatic carbocycles. The maximum absolute atomic E-state index is 13.7. The van der Waals surface area contributed by atoms with Crippen molar-refractivity contribution in [2.24, 2.45) is 0 Å². The maximum atomic E-state index is 13.7. The number of amides is 1. The van der Waals surface area contributed by atoms with E-state index in [-0.39, 0.29) is 25.1 Å². The monoisotopic (exact) mass is 349 g/mol. The number of hydrogen-bond acceptors (Lipinski definition) is 3. The molecule has 1 aliphatic heterocycles. The van der Waals surface area contributed by atoms with Crippen molar-refractivity contribution in [2.75, 3.05) is 20.3 Å². The van der Waals surface area contributed by atoms with Crippen LogP contribution < -0.4 is 0 Å². The Hall–Kier alpha value is -2.16. The smallest absolute Gasteiger partial charge is 0.419 e. The third-order valence-corrected chi connectivity index (χ3v) is 4.04. The number of carboxylic acid groups (broad SMARTS) is 1. The fourth-order valence-corrected chi connectivity index (χ4v) is 2.88. The summed E-state index contributed by atoms with van der Waals surface area (Å²) < 4.78 is 56.3. The third-order valence-electron chi connectivity index (χ3n) is 4.04. The van der Waals surface area contributed by atoms with Crippen LogP contribution >= 0.6 is 0 Å². The fourth-order valence-electron chi connectivity index (χ4n) is 2.88. The molecule has 1 N–H and O–H groups in total. The molecular formula is C15H15F4NO4. The summed E-state index contributed by atoms with van der Waals surface area (Å²) in [6.07, 6.45) is -4.34. The van der Waals surface area contributed by atoms with Gasteiger partial charge in [-0.25, -0.2) is 9.18 Å². The molecule has 24 heavy (non-hydrogen) atoms. The van der Waals surface area contributed by atoms with Crippen molar-refractivity contribution in [1.82, 2.24) is 4.90 Å². The standard InChI is InChI=1S/C15H15F4NO4/c1-24-8-14(13(22)23)5-2-6-20(14)12(21)9-3-4-10(11(16)7-9)15(17,18)19/h3-4,7H,2,5-6,8H2,1H3,(H,22,23). The molecule has 1 fully saturated rings. The van der Waals surface area contributed by atoms with E-state index in [9.17, 15) is 32.3 Å². The highest BCUT2D eigenvalue weighted by Gasteiger charge is 2.50. The lowest BCUT2D eigenvalue weighted by molar-refractivity contribution is -0.151. The van der Waals surface area contributed by atoms with Crippen LogP contribution in [0, 0.1) is 5.82 Å². The summed E-state index contributed by atoms with van der Waals surface area (Å²) in [6, 6.07) is 1.78. The number of methoxy groups -OCH3 is 1. The van der Waals surface area contributed by atoms with Gasteiger partial charge in [0.05, 0.1) is 12.2 Å². The zero-order valence-corrected chi connectivity index (χ0v) is 12.7. The van der Waals surface area contributed by atoms with Crippen molar-refractivity contribution in [1.29, 1.82) is 0 Å². The molecule has 1 unspecified atom stereocenters. The van der Waals surface area contributed by atoms with Gasteiger partial charge in [0.25, 0.3) is 5.91 Å². The number of nitrogens with zero attached hydrogens (tertiary/aromatic N) is 1. The highest BCUT2D eigenvalue weighted by molar-refractivity contribution is 5.98. The number of carboxylic acids is 1. The Morgan fingerprint density at radius 1 is 1.38 bits per heavy atom. The number of aliphatic carboxylic acids is 1. The fraction of sp³-hybridized carbons (Fsp3) is 0.467. The molecule has 1 aliphatic rings. The summed E-state index contributed by atoms with van der Waals surface area (Å²) in [4.78, 5) is 25.1. The van der Waals surface area contributed by atoms with Crippen LogP contribution in [0.25, 0.3) is 0 Å². The van der Waals surface area contributed by atoms with Gasteiger partial charge in [-0.3, -0.25) is 4.79 Å². The van der Waals surface area contributed by atoms with Crippen LogP contribution in [0.1, 0.15) is 28.8 Å². The molecule has 2 rings (SSSR count).